The summed E-state index contributed by atoms with van der Waals surface area (Å²) in [4.78, 5) is 19.1. The molecule has 154 valence electrons. The highest BCUT2D eigenvalue weighted by Crippen LogP contribution is 2.42. The maximum atomic E-state index is 13.0. The van der Waals surface area contributed by atoms with Crippen molar-refractivity contribution in [1.29, 1.82) is 5.26 Å². The number of aromatic nitrogens is 1. The molecule has 2 aliphatic rings. The standard InChI is InChI=1S/C22H28N4O3/c1-13-9-16-17(10-22(3,4)11-19(16)28-13)25-20(27)15-5-7-26(8-6-15)21-18(12-23)24-14(2)29-21/h9,15,17H,5-8,10-11H2,1-4H3,(H,25,27). The van der Waals surface area contributed by atoms with Gasteiger partial charge in [-0.25, -0.2) is 4.98 Å². The normalized spacial score (nSPS) is 21.5. The van der Waals surface area contributed by atoms with E-state index in [-0.39, 0.29) is 23.3 Å². The molecule has 2 aromatic rings. The molecule has 1 saturated heterocycles. The summed E-state index contributed by atoms with van der Waals surface area (Å²) in [6.45, 7) is 9.49. The molecule has 0 bridgehead atoms. The van der Waals surface area contributed by atoms with Crippen molar-refractivity contribution in [2.24, 2.45) is 11.3 Å². The third-order valence-electron chi connectivity index (χ3n) is 6.03. The number of furan rings is 1. The molecule has 0 radical (unpaired) electrons. The van der Waals surface area contributed by atoms with Gasteiger partial charge in [0.1, 0.15) is 17.6 Å². The Labute approximate surface area is 171 Å². The summed E-state index contributed by atoms with van der Waals surface area (Å²) in [5.41, 5.74) is 1.54. The summed E-state index contributed by atoms with van der Waals surface area (Å²) < 4.78 is 11.5. The molecule has 1 N–H and O–H groups in total. The minimum atomic E-state index is -0.0395. The number of carbonyl (C=O) groups excluding carboxylic acids is 1. The van der Waals surface area contributed by atoms with Crippen LogP contribution in [0.25, 0.3) is 0 Å². The Morgan fingerprint density at radius 3 is 2.72 bits per heavy atom. The topological polar surface area (TPSA) is 95.3 Å². The summed E-state index contributed by atoms with van der Waals surface area (Å²) in [6, 6.07) is 4.15. The number of fused-ring (bicyclic) bond motifs is 1. The molecule has 1 unspecified atom stereocenters. The van der Waals surface area contributed by atoms with Crippen molar-refractivity contribution in [2.75, 3.05) is 18.0 Å². The Hall–Kier alpha value is -2.75. The molecule has 3 heterocycles. The monoisotopic (exact) mass is 396 g/mol. The summed E-state index contributed by atoms with van der Waals surface area (Å²) in [5.74, 6) is 2.98. The number of aryl methyl sites for hydroxylation is 2. The zero-order valence-electron chi connectivity index (χ0n) is 17.5. The van der Waals surface area contributed by atoms with E-state index in [9.17, 15) is 10.1 Å². The first-order chi connectivity index (χ1) is 13.8. The molecule has 1 fully saturated rings. The van der Waals surface area contributed by atoms with Crippen molar-refractivity contribution in [3.8, 4) is 6.07 Å². The van der Waals surface area contributed by atoms with Gasteiger partial charge in [0.2, 0.25) is 17.5 Å². The molecule has 4 rings (SSSR count). The number of piperidine rings is 1. The van der Waals surface area contributed by atoms with Crippen molar-refractivity contribution in [2.45, 2.75) is 59.4 Å². The summed E-state index contributed by atoms with van der Waals surface area (Å²) >= 11 is 0. The molecule has 1 aliphatic heterocycles. The van der Waals surface area contributed by atoms with Crippen molar-refractivity contribution < 1.29 is 13.6 Å². The van der Waals surface area contributed by atoms with E-state index in [1.54, 1.807) is 6.92 Å². The molecule has 2 aromatic heterocycles. The quantitative estimate of drug-likeness (QED) is 0.848. The third kappa shape index (κ3) is 3.89. The minimum absolute atomic E-state index is 0.00107. The van der Waals surface area contributed by atoms with Gasteiger partial charge in [-0.15, -0.1) is 0 Å². The van der Waals surface area contributed by atoms with Gasteiger partial charge in [0.15, 0.2) is 5.89 Å². The zero-order chi connectivity index (χ0) is 20.8. The molecule has 1 aliphatic carbocycles. The predicted octanol–water partition coefficient (Wildman–Crippen LogP) is 3.80. The molecular weight excluding hydrogens is 368 g/mol. The molecular formula is C22H28N4O3. The van der Waals surface area contributed by atoms with Crippen LogP contribution in [0.5, 0.6) is 0 Å². The van der Waals surface area contributed by atoms with Crippen LogP contribution in [0.15, 0.2) is 14.9 Å². The van der Waals surface area contributed by atoms with E-state index in [1.807, 2.05) is 11.8 Å². The van der Waals surface area contributed by atoms with E-state index in [0.29, 0.717) is 30.6 Å². The van der Waals surface area contributed by atoms with E-state index in [1.165, 1.54) is 0 Å². The molecule has 1 atom stereocenters. The third-order valence-corrected chi connectivity index (χ3v) is 6.03. The lowest BCUT2D eigenvalue weighted by Gasteiger charge is -2.36. The number of carbonyl (C=O) groups is 1. The Bertz CT molecular complexity index is 957. The van der Waals surface area contributed by atoms with Crippen LogP contribution >= 0.6 is 0 Å². The Morgan fingerprint density at radius 1 is 1.31 bits per heavy atom. The van der Waals surface area contributed by atoms with Crippen molar-refractivity contribution in [1.82, 2.24) is 10.3 Å². The Balaban J connectivity index is 1.41. The van der Waals surface area contributed by atoms with Crippen LogP contribution in [0, 0.1) is 36.5 Å². The first kappa shape index (κ1) is 19.6. The SMILES string of the molecule is Cc1cc2c(o1)CC(C)(C)CC2NC(=O)C1CCN(c2oc(C)nc2C#N)CC1. The maximum Gasteiger partial charge on any atom is 0.234 e. The van der Waals surface area contributed by atoms with Gasteiger partial charge >= 0.3 is 0 Å². The maximum absolute atomic E-state index is 13.0. The van der Waals surface area contributed by atoms with Crippen LogP contribution < -0.4 is 10.2 Å². The van der Waals surface area contributed by atoms with Gasteiger partial charge in [0.25, 0.3) is 0 Å². The number of hydrogen-bond acceptors (Lipinski definition) is 6. The van der Waals surface area contributed by atoms with Crippen molar-refractivity contribution >= 4 is 11.8 Å². The van der Waals surface area contributed by atoms with Gasteiger partial charge in [-0.05, 0) is 37.7 Å². The lowest BCUT2D eigenvalue weighted by molar-refractivity contribution is -0.126. The average Bonchev–Trinajstić information content (AvgIpc) is 3.22. The van der Waals surface area contributed by atoms with Gasteiger partial charge < -0.3 is 19.1 Å². The van der Waals surface area contributed by atoms with Crippen LogP contribution in [-0.2, 0) is 11.2 Å². The summed E-state index contributed by atoms with van der Waals surface area (Å²) in [7, 11) is 0. The van der Waals surface area contributed by atoms with E-state index in [2.05, 4.69) is 36.3 Å². The second-order valence-electron chi connectivity index (χ2n) is 9.10. The molecule has 7 heteroatoms. The Morgan fingerprint density at radius 2 is 2.03 bits per heavy atom. The lowest BCUT2D eigenvalue weighted by atomic mass is 9.74. The van der Waals surface area contributed by atoms with E-state index < -0.39 is 0 Å². The molecule has 1 amide bonds. The first-order valence-electron chi connectivity index (χ1n) is 10.3. The number of anilines is 1. The van der Waals surface area contributed by atoms with Gasteiger partial charge in [0.05, 0.1) is 6.04 Å². The van der Waals surface area contributed by atoms with Crippen LogP contribution in [0.2, 0.25) is 0 Å². The van der Waals surface area contributed by atoms with Gasteiger partial charge in [0, 0.05) is 37.9 Å². The van der Waals surface area contributed by atoms with E-state index >= 15 is 0 Å². The highest BCUT2D eigenvalue weighted by Gasteiger charge is 2.37. The lowest BCUT2D eigenvalue weighted by Crippen LogP contribution is -2.43. The minimum Gasteiger partial charge on any atom is -0.466 e. The number of hydrogen-bond donors (Lipinski definition) is 1. The van der Waals surface area contributed by atoms with Gasteiger partial charge in [-0.1, -0.05) is 13.8 Å². The number of nitrogens with zero attached hydrogens (tertiary/aromatic N) is 3. The Kier molecular flexibility index (Phi) is 4.89. The zero-order valence-corrected chi connectivity index (χ0v) is 17.5. The van der Waals surface area contributed by atoms with E-state index in [0.717, 1.165) is 42.8 Å². The van der Waals surface area contributed by atoms with Crippen molar-refractivity contribution in [3.05, 3.63) is 34.7 Å². The molecule has 0 saturated carbocycles. The fourth-order valence-corrected chi connectivity index (χ4v) is 4.65. The summed E-state index contributed by atoms with van der Waals surface area (Å²) in [6.07, 6.45) is 3.26. The highest BCUT2D eigenvalue weighted by atomic mass is 16.4. The molecule has 7 nitrogen and oxygen atoms in total. The van der Waals surface area contributed by atoms with Crippen molar-refractivity contribution in [3.63, 3.8) is 0 Å². The first-order valence-corrected chi connectivity index (χ1v) is 10.3. The van der Waals surface area contributed by atoms with Gasteiger partial charge in [-0.2, -0.15) is 5.26 Å². The second-order valence-corrected chi connectivity index (χ2v) is 9.10. The fourth-order valence-electron chi connectivity index (χ4n) is 4.65. The average molecular weight is 396 g/mol. The number of nitrogens with one attached hydrogen (secondary N) is 1. The number of amides is 1. The van der Waals surface area contributed by atoms with E-state index in [4.69, 9.17) is 8.83 Å². The van der Waals surface area contributed by atoms with Crippen LogP contribution in [0.1, 0.15) is 67.8 Å². The molecule has 0 spiro atoms. The molecule has 29 heavy (non-hydrogen) atoms. The number of nitriles is 1. The largest absolute Gasteiger partial charge is 0.466 e. The smallest absolute Gasteiger partial charge is 0.234 e. The number of oxazole rings is 1. The summed E-state index contributed by atoms with van der Waals surface area (Å²) in [5, 5.41) is 12.5. The second kappa shape index (κ2) is 7.25. The predicted molar refractivity (Wildman–Crippen MR) is 107 cm³/mol. The van der Waals surface area contributed by atoms with Gasteiger partial charge in [-0.3, -0.25) is 4.79 Å². The van der Waals surface area contributed by atoms with Crippen LogP contribution in [0.3, 0.4) is 0 Å². The molecule has 0 aromatic carbocycles. The van der Waals surface area contributed by atoms with Crippen LogP contribution in [-0.4, -0.2) is 24.0 Å². The number of rotatable bonds is 3. The van der Waals surface area contributed by atoms with Crippen LogP contribution in [0.4, 0.5) is 5.88 Å². The fraction of sp³-hybridized carbons (Fsp3) is 0.591. The highest BCUT2D eigenvalue weighted by molar-refractivity contribution is 5.79.